The lowest BCUT2D eigenvalue weighted by atomic mass is 10.0. The molecule has 0 saturated carbocycles. The average Bonchev–Trinajstić information content (AvgIpc) is 2.67. The molecule has 1 amide bonds. The minimum absolute atomic E-state index is 0.00845. The molecule has 156 valence electrons. The summed E-state index contributed by atoms with van der Waals surface area (Å²) in [6, 6.07) is 17.5. The predicted molar refractivity (Wildman–Crippen MR) is 111 cm³/mol. The van der Waals surface area contributed by atoms with Crippen LogP contribution in [0.5, 0.6) is 0 Å². The molecule has 2 aromatic carbocycles. The molecule has 7 nitrogen and oxygen atoms in total. The molecule has 0 bridgehead atoms. The van der Waals surface area contributed by atoms with E-state index < -0.39 is 11.9 Å². The second-order valence-electron chi connectivity index (χ2n) is 6.54. The number of carbonyl (C=O) groups excluding carboxylic acids is 1. The topological polar surface area (TPSA) is 107 Å². The lowest BCUT2D eigenvalue weighted by molar-refractivity contribution is -0.159. The second-order valence-corrected chi connectivity index (χ2v) is 6.97. The third-order valence-corrected chi connectivity index (χ3v) is 4.12. The molecule has 0 fully saturated rings. The van der Waals surface area contributed by atoms with Gasteiger partial charge in [0.2, 0.25) is 5.91 Å². The number of rotatable bonds is 7. The summed E-state index contributed by atoms with van der Waals surface area (Å²) >= 11 is 5.96. The van der Waals surface area contributed by atoms with E-state index in [4.69, 9.17) is 31.4 Å². The summed E-state index contributed by atoms with van der Waals surface area (Å²) < 4.78 is 0. The summed E-state index contributed by atoms with van der Waals surface area (Å²) in [7, 11) is 4.06. The standard InChI is InChI=1S/C19H23ClN2O.C2H2O4/c1-22(2)13-12-18(16-8-10-17(20)11-9-16)21-19(23)14-15-6-4-3-5-7-15;3-1(4)2(5)6/h3-11,18H,12-14H2,1-2H3,(H,21,23);(H,3,4)(H,5,6). The van der Waals surface area contributed by atoms with Crippen LogP contribution in [0.3, 0.4) is 0 Å². The molecule has 0 saturated heterocycles. The molecule has 0 heterocycles. The van der Waals surface area contributed by atoms with Gasteiger partial charge in [0.05, 0.1) is 12.5 Å². The summed E-state index contributed by atoms with van der Waals surface area (Å²) in [5.74, 6) is -3.61. The first kappa shape index (κ1) is 24.1. The van der Waals surface area contributed by atoms with E-state index in [1.165, 1.54) is 0 Å². The molecule has 1 unspecified atom stereocenters. The summed E-state index contributed by atoms with van der Waals surface area (Å²) in [5, 5.41) is 18.6. The van der Waals surface area contributed by atoms with Gasteiger partial charge in [-0.05, 0) is 50.3 Å². The van der Waals surface area contributed by atoms with Crippen molar-refractivity contribution in [1.82, 2.24) is 10.2 Å². The number of carbonyl (C=O) groups is 3. The average molecular weight is 421 g/mol. The summed E-state index contributed by atoms with van der Waals surface area (Å²) in [6.45, 7) is 0.902. The van der Waals surface area contributed by atoms with Crippen molar-refractivity contribution in [3.8, 4) is 0 Å². The van der Waals surface area contributed by atoms with Gasteiger partial charge < -0.3 is 20.4 Å². The third-order valence-electron chi connectivity index (χ3n) is 3.86. The third kappa shape index (κ3) is 10.3. The molecule has 1 atom stereocenters. The first-order valence-corrected chi connectivity index (χ1v) is 9.26. The quantitative estimate of drug-likeness (QED) is 0.594. The Labute approximate surface area is 174 Å². The zero-order valence-corrected chi connectivity index (χ0v) is 17.1. The van der Waals surface area contributed by atoms with E-state index in [1.807, 2.05) is 68.7 Å². The van der Waals surface area contributed by atoms with Crippen molar-refractivity contribution < 1.29 is 24.6 Å². The number of carboxylic acids is 2. The van der Waals surface area contributed by atoms with E-state index in [1.54, 1.807) is 0 Å². The van der Waals surface area contributed by atoms with Gasteiger partial charge in [-0.1, -0.05) is 54.1 Å². The van der Waals surface area contributed by atoms with E-state index in [-0.39, 0.29) is 11.9 Å². The van der Waals surface area contributed by atoms with E-state index in [0.29, 0.717) is 11.4 Å². The molecule has 8 heteroatoms. The Kier molecular flexibility index (Phi) is 10.4. The van der Waals surface area contributed by atoms with Gasteiger partial charge >= 0.3 is 11.9 Å². The maximum atomic E-state index is 12.4. The van der Waals surface area contributed by atoms with Crippen molar-refractivity contribution >= 4 is 29.4 Å². The van der Waals surface area contributed by atoms with Gasteiger partial charge in [0.1, 0.15) is 0 Å². The van der Waals surface area contributed by atoms with Crippen molar-refractivity contribution in [3.63, 3.8) is 0 Å². The smallest absolute Gasteiger partial charge is 0.414 e. The van der Waals surface area contributed by atoms with Crippen LogP contribution in [0.4, 0.5) is 0 Å². The van der Waals surface area contributed by atoms with Gasteiger partial charge in [-0.3, -0.25) is 4.79 Å². The lowest BCUT2D eigenvalue weighted by Gasteiger charge is -2.21. The van der Waals surface area contributed by atoms with Gasteiger partial charge in [-0.2, -0.15) is 0 Å². The monoisotopic (exact) mass is 420 g/mol. The number of halogens is 1. The first-order chi connectivity index (χ1) is 13.7. The lowest BCUT2D eigenvalue weighted by Crippen LogP contribution is -2.32. The van der Waals surface area contributed by atoms with Crippen LogP contribution in [0.2, 0.25) is 5.02 Å². The number of nitrogens with one attached hydrogen (secondary N) is 1. The number of nitrogens with zero attached hydrogens (tertiary/aromatic N) is 1. The Bertz CT molecular complexity index is 782. The SMILES string of the molecule is CN(C)CCC(NC(=O)Cc1ccccc1)c1ccc(Cl)cc1.O=C(O)C(=O)O. The molecule has 3 N–H and O–H groups in total. The minimum atomic E-state index is -1.82. The molecule has 2 rings (SSSR count). The maximum absolute atomic E-state index is 12.4. The highest BCUT2D eigenvalue weighted by atomic mass is 35.5. The summed E-state index contributed by atoms with van der Waals surface area (Å²) in [5.41, 5.74) is 2.10. The molecule has 29 heavy (non-hydrogen) atoms. The van der Waals surface area contributed by atoms with E-state index in [2.05, 4.69) is 10.2 Å². The molecule has 0 spiro atoms. The van der Waals surface area contributed by atoms with Crippen LogP contribution in [0.1, 0.15) is 23.6 Å². The number of amides is 1. The van der Waals surface area contributed by atoms with Crippen LogP contribution in [0.15, 0.2) is 54.6 Å². The Morgan fingerprint density at radius 1 is 0.966 bits per heavy atom. The molecule has 0 aliphatic rings. The van der Waals surface area contributed by atoms with E-state index in [0.717, 1.165) is 24.1 Å². The highest BCUT2D eigenvalue weighted by Crippen LogP contribution is 2.20. The molecule has 0 aliphatic heterocycles. The van der Waals surface area contributed by atoms with Crippen LogP contribution < -0.4 is 5.32 Å². The fraction of sp³-hybridized carbons (Fsp3) is 0.286. The van der Waals surface area contributed by atoms with Crippen LogP contribution in [-0.2, 0) is 20.8 Å². The fourth-order valence-corrected chi connectivity index (χ4v) is 2.56. The van der Waals surface area contributed by atoms with Crippen molar-refractivity contribution in [2.45, 2.75) is 18.9 Å². The number of carboxylic acid groups (broad SMARTS) is 2. The van der Waals surface area contributed by atoms with Gasteiger partial charge in [-0.15, -0.1) is 0 Å². The molecular weight excluding hydrogens is 396 g/mol. The Morgan fingerprint density at radius 3 is 2.00 bits per heavy atom. The van der Waals surface area contributed by atoms with Gasteiger partial charge in [0.15, 0.2) is 0 Å². The van der Waals surface area contributed by atoms with E-state index >= 15 is 0 Å². The first-order valence-electron chi connectivity index (χ1n) is 8.88. The highest BCUT2D eigenvalue weighted by Gasteiger charge is 2.15. The number of hydrogen-bond donors (Lipinski definition) is 3. The summed E-state index contributed by atoms with van der Waals surface area (Å²) in [4.78, 5) is 32.7. The van der Waals surface area contributed by atoms with Crippen LogP contribution in [-0.4, -0.2) is 53.6 Å². The minimum Gasteiger partial charge on any atom is -0.473 e. The second kappa shape index (κ2) is 12.5. The van der Waals surface area contributed by atoms with Crippen molar-refractivity contribution in [3.05, 3.63) is 70.7 Å². The number of benzene rings is 2. The van der Waals surface area contributed by atoms with Crippen LogP contribution >= 0.6 is 11.6 Å². The Hall–Kier alpha value is -2.90. The van der Waals surface area contributed by atoms with Gasteiger partial charge in [0, 0.05) is 5.02 Å². The molecule has 0 aliphatic carbocycles. The normalized spacial score (nSPS) is 11.2. The fourth-order valence-electron chi connectivity index (χ4n) is 2.43. The Morgan fingerprint density at radius 2 is 1.52 bits per heavy atom. The Balaban J connectivity index is 0.000000612. The van der Waals surface area contributed by atoms with Crippen molar-refractivity contribution in [2.24, 2.45) is 0 Å². The van der Waals surface area contributed by atoms with E-state index in [9.17, 15) is 4.79 Å². The largest absolute Gasteiger partial charge is 0.473 e. The number of hydrogen-bond acceptors (Lipinski definition) is 4. The van der Waals surface area contributed by atoms with Gasteiger partial charge in [-0.25, -0.2) is 9.59 Å². The highest BCUT2D eigenvalue weighted by molar-refractivity contribution is 6.30. The van der Waals surface area contributed by atoms with Crippen LogP contribution in [0, 0.1) is 0 Å². The molecule has 0 aromatic heterocycles. The zero-order chi connectivity index (χ0) is 21.8. The number of aliphatic carboxylic acids is 2. The van der Waals surface area contributed by atoms with Crippen molar-refractivity contribution in [1.29, 1.82) is 0 Å². The molecule has 2 aromatic rings. The van der Waals surface area contributed by atoms with Gasteiger partial charge in [0.25, 0.3) is 0 Å². The summed E-state index contributed by atoms with van der Waals surface area (Å²) in [6.07, 6.45) is 1.25. The molecule has 0 radical (unpaired) electrons. The maximum Gasteiger partial charge on any atom is 0.414 e. The van der Waals surface area contributed by atoms with Crippen molar-refractivity contribution in [2.75, 3.05) is 20.6 Å². The van der Waals surface area contributed by atoms with Crippen LogP contribution in [0.25, 0.3) is 0 Å². The zero-order valence-electron chi connectivity index (χ0n) is 16.3. The predicted octanol–water partition coefficient (Wildman–Crippen LogP) is 2.85. The molecular formula is C21H25ClN2O5.